The van der Waals surface area contributed by atoms with Crippen molar-refractivity contribution in [3.8, 4) is 0 Å². The summed E-state index contributed by atoms with van der Waals surface area (Å²) in [6.45, 7) is 3.51. The van der Waals surface area contributed by atoms with Gasteiger partial charge < -0.3 is 19.4 Å². The zero-order chi connectivity index (χ0) is 14.2. The van der Waals surface area contributed by atoms with E-state index in [-0.39, 0.29) is 12.1 Å². The molecule has 112 valence electrons. The van der Waals surface area contributed by atoms with Gasteiger partial charge in [-0.2, -0.15) is 5.10 Å². The maximum absolute atomic E-state index is 5.75. The van der Waals surface area contributed by atoms with Gasteiger partial charge in [-0.15, -0.1) is 10.2 Å². The summed E-state index contributed by atoms with van der Waals surface area (Å²) < 4.78 is 15.2. The topological polar surface area (TPSA) is 79.0 Å². The van der Waals surface area contributed by atoms with Crippen LogP contribution in [0, 0.1) is 0 Å². The van der Waals surface area contributed by atoms with Crippen molar-refractivity contribution in [3.63, 3.8) is 0 Å². The van der Waals surface area contributed by atoms with Gasteiger partial charge in [0.2, 0.25) is 0 Å². The van der Waals surface area contributed by atoms with E-state index in [0.29, 0.717) is 19.8 Å². The van der Waals surface area contributed by atoms with Gasteiger partial charge in [0.25, 0.3) is 0 Å². The lowest BCUT2D eigenvalue weighted by molar-refractivity contribution is -0.0949. The molecule has 8 heteroatoms. The highest BCUT2D eigenvalue weighted by Crippen LogP contribution is 2.27. The Morgan fingerprint density at radius 1 is 1.29 bits per heavy atom. The molecule has 0 bridgehead atoms. The predicted octanol–water partition coefficient (Wildman–Crippen LogP) is -0.208. The van der Waals surface area contributed by atoms with Crippen LogP contribution in [0.3, 0.4) is 0 Å². The number of nitrogens with zero attached hydrogens (tertiary/aromatic N) is 5. The Kier molecular flexibility index (Phi) is 3.21. The fourth-order valence-electron chi connectivity index (χ4n) is 2.91. The molecule has 2 aromatic rings. The standard InChI is InChI=1S/C13H18N6O2/c1-18-7-9(6-15-18)11-13-17-16-12(19(13)3-2-14-11)10-8-20-4-5-21-10/h6-7,10-11,14H,2-5,8H2,1H3. The van der Waals surface area contributed by atoms with Crippen molar-refractivity contribution < 1.29 is 9.47 Å². The molecule has 4 rings (SSSR count). The van der Waals surface area contributed by atoms with E-state index >= 15 is 0 Å². The highest BCUT2D eigenvalue weighted by atomic mass is 16.6. The van der Waals surface area contributed by atoms with E-state index in [4.69, 9.17) is 9.47 Å². The van der Waals surface area contributed by atoms with Crippen LogP contribution >= 0.6 is 0 Å². The van der Waals surface area contributed by atoms with Crippen LogP contribution < -0.4 is 5.32 Å². The van der Waals surface area contributed by atoms with Gasteiger partial charge in [-0.3, -0.25) is 4.68 Å². The number of nitrogens with one attached hydrogen (secondary N) is 1. The molecule has 2 aliphatic heterocycles. The second-order valence-electron chi connectivity index (χ2n) is 5.34. The molecule has 0 radical (unpaired) electrons. The van der Waals surface area contributed by atoms with Crippen LogP contribution in [0.1, 0.15) is 29.4 Å². The van der Waals surface area contributed by atoms with E-state index in [9.17, 15) is 0 Å². The van der Waals surface area contributed by atoms with E-state index in [1.807, 2.05) is 19.4 Å². The van der Waals surface area contributed by atoms with Crippen molar-refractivity contribution in [2.75, 3.05) is 26.4 Å². The van der Waals surface area contributed by atoms with E-state index in [2.05, 4.69) is 25.2 Å². The van der Waals surface area contributed by atoms with Gasteiger partial charge in [-0.25, -0.2) is 0 Å². The summed E-state index contributed by atoms with van der Waals surface area (Å²) in [6.07, 6.45) is 3.75. The average Bonchev–Trinajstić information content (AvgIpc) is 3.14. The van der Waals surface area contributed by atoms with Gasteiger partial charge in [0.15, 0.2) is 11.6 Å². The summed E-state index contributed by atoms with van der Waals surface area (Å²) in [5.41, 5.74) is 1.10. The molecule has 2 unspecified atom stereocenters. The Morgan fingerprint density at radius 3 is 2.95 bits per heavy atom. The van der Waals surface area contributed by atoms with Crippen molar-refractivity contribution in [2.45, 2.75) is 18.7 Å². The van der Waals surface area contributed by atoms with Crippen molar-refractivity contribution in [1.82, 2.24) is 29.9 Å². The van der Waals surface area contributed by atoms with Crippen LogP contribution in [0.2, 0.25) is 0 Å². The Bertz CT molecular complexity index is 630. The number of aryl methyl sites for hydroxylation is 1. The minimum absolute atomic E-state index is 0.0261. The van der Waals surface area contributed by atoms with Crippen LogP contribution in [-0.4, -0.2) is 50.9 Å². The number of hydrogen-bond donors (Lipinski definition) is 1. The number of hydrogen-bond acceptors (Lipinski definition) is 6. The molecule has 1 fully saturated rings. The van der Waals surface area contributed by atoms with Crippen LogP contribution in [0.15, 0.2) is 12.4 Å². The van der Waals surface area contributed by atoms with Crippen LogP contribution in [0.5, 0.6) is 0 Å². The normalized spacial score (nSPS) is 25.8. The maximum atomic E-state index is 5.75. The van der Waals surface area contributed by atoms with Crippen molar-refractivity contribution in [2.24, 2.45) is 7.05 Å². The van der Waals surface area contributed by atoms with Gasteiger partial charge in [0.05, 0.1) is 32.1 Å². The summed E-state index contributed by atoms with van der Waals surface area (Å²) >= 11 is 0. The lowest BCUT2D eigenvalue weighted by atomic mass is 10.1. The summed E-state index contributed by atoms with van der Waals surface area (Å²) in [7, 11) is 1.91. The molecule has 0 saturated carbocycles. The molecule has 0 aliphatic carbocycles. The van der Waals surface area contributed by atoms with Gasteiger partial charge >= 0.3 is 0 Å². The molecule has 2 atom stereocenters. The minimum Gasteiger partial charge on any atom is -0.376 e. The largest absolute Gasteiger partial charge is 0.376 e. The van der Waals surface area contributed by atoms with E-state index in [1.165, 1.54) is 0 Å². The monoisotopic (exact) mass is 290 g/mol. The molecule has 4 heterocycles. The van der Waals surface area contributed by atoms with Gasteiger partial charge in [0.1, 0.15) is 6.10 Å². The first-order chi connectivity index (χ1) is 10.3. The van der Waals surface area contributed by atoms with Crippen LogP contribution in [-0.2, 0) is 23.1 Å². The Morgan fingerprint density at radius 2 is 2.19 bits per heavy atom. The molecule has 1 saturated heterocycles. The lowest BCUT2D eigenvalue weighted by Gasteiger charge is -2.27. The third-order valence-electron chi connectivity index (χ3n) is 3.91. The number of rotatable bonds is 2. The summed E-state index contributed by atoms with van der Waals surface area (Å²) in [5.74, 6) is 1.78. The second-order valence-corrected chi connectivity index (χ2v) is 5.34. The molecular weight excluding hydrogens is 272 g/mol. The lowest BCUT2D eigenvalue weighted by Crippen LogP contribution is -2.36. The Hall–Kier alpha value is -1.77. The quantitative estimate of drug-likeness (QED) is 0.824. The van der Waals surface area contributed by atoms with Gasteiger partial charge in [-0.1, -0.05) is 0 Å². The molecule has 8 nitrogen and oxygen atoms in total. The highest BCUT2D eigenvalue weighted by Gasteiger charge is 2.31. The molecule has 2 aromatic heterocycles. The summed E-state index contributed by atoms with van der Waals surface area (Å²) in [5, 5.41) is 16.4. The molecule has 1 N–H and O–H groups in total. The first-order valence-electron chi connectivity index (χ1n) is 7.17. The molecular formula is C13H18N6O2. The molecule has 0 amide bonds. The third kappa shape index (κ3) is 2.25. The van der Waals surface area contributed by atoms with Crippen LogP contribution in [0.25, 0.3) is 0 Å². The predicted molar refractivity (Wildman–Crippen MR) is 72.6 cm³/mol. The van der Waals surface area contributed by atoms with E-state index < -0.39 is 0 Å². The third-order valence-corrected chi connectivity index (χ3v) is 3.91. The van der Waals surface area contributed by atoms with Crippen molar-refractivity contribution in [1.29, 1.82) is 0 Å². The zero-order valence-electron chi connectivity index (χ0n) is 11.9. The number of fused-ring (bicyclic) bond motifs is 1. The first-order valence-corrected chi connectivity index (χ1v) is 7.17. The fourth-order valence-corrected chi connectivity index (χ4v) is 2.91. The fraction of sp³-hybridized carbons (Fsp3) is 0.615. The molecule has 0 spiro atoms. The smallest absolute Gasteiger partial charge is 0.164 e. The van der Waals surface area contributed by atoms with Gasteiger partial charge in [-0.05, 0) is 0 Å². The number of aromatic nitrogens is 5. The van der Waals surface area contributed by atoms with Gasteiger partial charge in [0, 0.05) is 31.9 Å². The maximum Gasteiger partial charge on any atom is 0.164 e. The van der Waals surface area contributed by atoms with Crippen LogP contribution in [0.4, 0.5) is 0 Å². The molecule has 2 aliphatic rings. The van der Waals surface area contributed by atoms with E-state index in [0.717, 1.165) is 30.3 Å². The summed E-state index contributed by atoms with van der Waals surface area (Å²) in [6, 6.07) is 0.0261. The molecule has 21 heavy (non-hydrogen) atoms. The first kappa shape index (κ1) is 12.9. The molecule has 0 aromatic carbocycles. The Labute approximate surface area is 122 Å². The van der Waals surface area contributed by atoms with E-state index in [1.54, 1.807) is 4.68 Å². The average molecular weight is 290 g/mol. The van der Waals surface area contributed by atoms with Crippen molar-refractivity contribution >= 4 is 0 Å². The zero-order valence-corrected chi connectivity index (χ0v) is 11.9. The number of ether oxygens (including phenoxy) is 2. The Balaban J connectivity index is 1.68. The highest BCUT2D eigenvalue weighted by molar-refractivity contribution is 5.22. The second kappa shape index (κ2) is 5.21. The van der Waals surface area contributed by atoms with Crippen molar-refractivity contribution in [3.05, 3.63) is 29.6 Å². The SMILES string of the molecule is Cn1cc(C2NCCn3c(C4COCCO4)nnc32)cn1. The summed E-state index contributed by atoms with van der Waals surface area (Å²) in [4.78, 5) is 0. The minimum atomic E-state index is -0.118.